The number of ether oxygens (including phenoxy) is 1. The minimum atomic E-state index is -1.78. The van der Waals surface area contributed by atoms with Gasteiger partial charge in [-0.1, -0.05) is 90.6 Å². The molecule has 2 fully saturated rings. The molecule has 13 atom stereocenters. The van der Waals surface area contributed by atoms with E-state index in [1.165, 1.54) is 6.92 Å². The molecule has 2 heterocycles. The largest absolute Gasteiger partial charge is 0.481 e. The number of nitrogens with two attached hydrogens (primary N) is 5. The van der Waals surface area contributed by atoms with Crippen LogP contribution in [0.2, 0.25) is 0 Å². The number of aliphatic imine (C=N–C) groups is 1. The minimum absolute atomic E-state index is 0.00577. The highest BCUT2D eigenvalue weighted by molar-refractivity contribution is 6.00. The summed E-state index contributed by atoms with van der Waals surface area (Å²) in [5.74, 6) is -17.6. The number of esters is 1. The van der Waals surface area contributed by atoms with Crippen LogP contribution in [0.25, 0.3) is 0 Å². The lowest BCUT2D eigenvalue weighted by Crippen LogP contribution is -2.61. The molecule has 41 heteroatoms. The number of benzene rings is 1. The number of aliphatic hydroxyl groups is 2. The highest BCUT2D eigenvalue weighted by atomic mass is 16.5. The first-order chi connectivity index (χ1) is 55.0. The van der Waals surface area contributed by atoms with Crippen molar-refractivity contribution in [3.05, 3.63) is 35.9 Å². The third kappa shape index (κ3) is 36.0. The third-order valence-corrected chi connectivity index (χ3v) is 19.1. The van der Waals surface area contributed by atoms with Crippen molar-refractivity contribution in [3.8, 4) is 0 Å². The molecule has 25 N–H and O–H groups in total. The van der Waals surface area contributed by atoms with Crippen molar-refractivity contribution in [1.29, 1.82) is 0 Å². The lowest BCUT2D eigenvalue weighted by atomic mass is 10.0. The lowest BCUT2D eigenvalue weighted by Gasteiger charge is -2.31. The van der Waals surface area contributed by atoms with Crippen LogP contribution < -0.4 is 87.2 Å². The molecule has 116 heavy (non-hydrogen) atoms. The molecule has 41 nitrogen and oxygen atoms in total. The van der Waals surface area contributed by atoms with E-state index in [1.807, 2.05) is 6.92 Å². The molecular formula is C75H123N19O22. The second-order valence-corrected chi connectivity index (χ2v) is 29.7. The van der Waals surface area contributed by atoms with Crippen LogP contribution in [0.1, 0.15) is 182 Å². The third-order valence-electron chi connectivity index (χ3n) is 19.1. The first-order valence-electron chi connectivity index (χ1n) is 39.5. The molecule has 0 bridgehead atoms. The van der Waals surface area contributed by atoms with E-state index in [4.69, 9.17) is 33.4 Å². The van der Waals surface area contributed by atoms with E-state index in [0.717, 1.165) is 35.5 Å². The van der Waals surface area contributed by atoms with Gasteiger partial charge in [0, 0.05) is 45.3 Å². The van der Waals surface area contributed by atoms with Gasteiger partial charge in [0.15, 0.2) is 5.96 Å². The summed E-state index contributed by atoms with van der Waals surface area (Å²) in [5, 5.41) is 67.8. The van der Waals surface area contributed by atoms with Gasteiger partial charge in [0.2, 0.25) is 82.7 Å². The Morgan fingerprint density at radius 3 is 1.47 bits per heavy atom. The summed E-state index contributed by atoms with van der Waals surface area (Å²) in [4.78, 5) is 238. The number of aliphatic carboxylic acids is 2. The number of unbranched alkanes of at least 4 members (excludes halogenated alkanes) is 5. The van der Waals surface area contributed by atoms with E-state index < -0.39 is 225 Å². The van der Waals surface area contributed by atoms with Gasteiger partial charge >= 0.3 is 17.9 Å². The first kappa shape index (κ1) is 99.5. The summed E-state index contributed by atoms with van der Waals surface area (Å²) in [6.45, 7) is 6.92. The van der Waals surface area contributed by atoms with Crippen molar-refractivity contribution in [2.45, 2.75) is 261 Å². The summed E-state index contributed by atoms with van der Waals surface area (Å²) >= 11 is 0. The molecule has 0 saturated carbocycles. The number of carbonyl (C=O) groups excluding carboxylic acids is 15. The Morgan fingerprint density at radius 2 is 0.948 bits per heavy atom. The molecule has 650 valence electrons. The number of rotatable bonds is 55. The molecule has 0 aromatic heterocycles. The lowest BCUT2D eigenvalue weighted by molar-refractivity contribution is -0.147. The average Bonchev–Trinajstić information content (AvgIpc) is 1.64. The Morgan fingerprint density at radius 1 is 0.483 bits per heavy atom. The second-order valence-electron chi connectivity index (χ2n) is 29.7. The predicted octanol–water partition coefficient (Wildman–Crippen LogP) is -5.10. The molecule has 2 aliphatic rings. The van der Waals surface area contributed by atoms with Crippen molar-refractivity contribution < 1.29 is 107 Å². The summed E-state index contributed by atoms with van der Waals surface area (Å²) < 4.78 is 5.42. The quantitative estimate of drug-likeness (QED) is 0.0126. The monoisotopic (exact) mass is 1640 g/mol. The number of primary amides is 1. The number of likely N-dealkylation sites (tertiary alicyclic amines) is 2. The average molecular weight is 1640 g/mol. The number of guanidine groups is 1. The molecular weight excluding hydrogens is 1520 g/mol. The van der Waals surface area contributed by atoms with E-state index in [9.17, 15) is 102 Å². The van der Waals surface area contributed by atoms with Gasteiger partial charge in [0.25, 0.3) is 0 Å². The van der Waals surface area contributed by atoms with E-state index in [-0.39, 0.29) is 121 Å². The fraction of sp³-hybridized carbons (Fsp3) is 0.680. The Balaban J connectivity index is 1.85. The zero-order chi connectivity index (χ0) is 86.7. The summed E-state index contributed by atoms with van der Waals surface area (Å²) in [6.07, 6.45) is 2.69. The molecule has 1 aromatic carbocycles. The molecule has 14 amide bonds. The zero-order valence-corrected chi connectivity index (χ0v) is 67.1. The van der Waals surface area contributed by atoms with Crippen molar-refractivity contribution >= 4 is 107 Å². The normalized spacial score (nSPS) is 16.6. The maximum Gasteiger partial charge on any atom is 0.326 e. The Labute approximate surface area is 674 Å². The summed E-state index contributed by atoms with van der Waals surface area (Å²) in [5.41, 5.74) is 27.9. The smallest absolute Gasteiger partial charge is 0.326 e. The molecule has 3 rings (SSSR count). The number of aliphatic hydroxyl groups excluding tert-OH is 2. The van der Waals surface area contributed by atoms with Gasteiger partial charge in [-0.05, 0) is 121 Å². The van der Waals surface area contributed by atoms with Gasteiger partial charge in [0.1, 0.15) is 85.2 Å². The van der Waals surface area contributed by atoms with Crippen LogP contribution in [-0.2, 0) is 92.7 Å². The van der Waals surface area contributed by atoms with Gasteiger partial charge in [-0.3, -0.25) is 81.7 Å². The highest BCUT2D eigenvalue weighted by Gasteiger charge is 2.43. The molecule has 2 aliphatic heterocycles. The molecule has 0 aliphatic carbocycles. The fourth-order valence-corrected chi connectivity index (χ4v) is 12.9. The number of nitrogens with zero attached hydrogens (tertiary/aromatic N) is 3. The molecule has 1 aromatic rings. The summed E-state index contributed by atoms with van der Waals surface area (Å²) in [6, 6.07) is -11.4. The van der Waals surface area contributed by atoms with Crippen LogP contribution in [0.15, 0.2) is 35.3 Å². The van der Waals surface area contributed by atoms with Crippen LogP contribution >= 0.6 is 0 Å². The van der Waals surface area contributed by atoms with Crippen LogP contribution in [0.3, 0.4) is 0 Å². The topological polar surface area (TPSA) is 662 Å². The van der Waals surface area contributed by atoms with Gasteiger partial charge in [-0.2, -0.15) is 0 Å². The van der Waals surface area contributed by atoms with E-state index in [2.05, 4.69) is 63.5 Å². The van der Waals surface area contributed by atoms with Gasteiger partial charge in [-0.15, -0.1) is 0 Å². The molecule has 0 unspecified atom stereocenters. The van der Waals surface area contributed by atoms with Crippen molar-refractivity contribution in [2.24, 2.45) is 45.5 Å². The van der Waals surface area contributed by atoms with Gasteiger partial charge in [0.05, 0.1) is 19.8 Å². The van der Waals surface area contributed by atoms with E-state index >= 15 is 0 Å². The van der Waals surface area contributed by atoms with E-state index in [1.54, 1.807) is 58.0 Å². The molecule has 0 radical (unpaired) electrons. The Kier molecular flexibility index (Phi) is 45.2. The maximum absolute atomic E-state index is 14.6. The van der Waals surface area contributed by atoms with Crippen molar-refractivity contribution in [3.63, 3.8) is 0 Å². The maximum atomic E-state index is 14.6. The number of carboxylic acids is 2. The molecule has 2 saturated heterocycles. The van der Waals surface area contributed by atoms with Crippen LogP contribution in [-0.4, -0.2) is 268 Å². The van der Waals surface area contributed by atoms with Crippen LogP contribution in [0, 0.1) is 11.8 Å². The number of hydrogen-bond donors (Lipinski definition) is 20. The van der Waals surface area contributed by atoms with Crippen LogP contribution in [0.5, 0.6) is 0 Å². The number of hydrogen-bond acceptors (Lipinski definition) is 23. The predicted molar refractivity (Wildman–Crippen MR) is 419 cm³/mol. The van der Waals surface area contributed by atoms with Crippen LogP contribution in [0.4, 0.5) is 0 Å². The van der Waals surface area contributed by atoms with Gasteiger partial charge in [-0.25, -0.2) is 4.79 Å². The van der Waals surface area contributed by atoms with E-state index in [0.29, 0.717) is 24.8 Å². The number of nitrogens with one attached hydrogen (secondary N) is 11. The van der Waals surface area contributed by atoms with Crippen molar-refractivity contribution in [2.75, 3.05) is 52.5 Å². The van der Waals surface area contributed by atoms with Crippen molar-refractivity contribution in [1.82, 2.24) is 68.3 Å². The molecule has 0 spiro atoms. The van der Waals surface area contributed by atoms with Gasteiger partial charge < -0.3 is 122 Å². The highest BCUT2D eigenvalue weighted by Crippen LogP contribution is 2.23. The second kappa shape index (κ2) is 52.7. The zero-order valence-electron chi connectivity index (χ0n) is 67.1. The number of amides is 14. The SMILES string of the molecule is CCCCCCCC(=O)OC[C@H](NC(=O)[C@H](CO)NC(=O)CN)C(=O)N[C@@H](Cc1ccccc1)C(=O)N[C@@H](CC(C)C)C(=O)N[C@@H](CO)C(=O)N1CCC[C@H]1C(=O)N[C@@H](CCC(=O)O)C(=O)N[C@@H](C)C(=O)N[C@@H](CCCCN)C(=O)N[C@@H](CC(C)C)C(=O)N[C@@H](CCC(N)=O)C(=O)N1CCC[C@H]1C(=O)N[C@@H](CCCN=C(N)N)C(=O)O. The number of carboxylic acid groups (broad SMARTS) is 2. The standard InChI is InChI=1S/C75H123N19O22/c1-7-8-9-10-14-26-61(101)116-41-55(92-68(108)53(39-95)83-59(98)38-77)69(109)90-52(37-45-20-12-11-13-21-45)67(107)89-51(36-43(4)5)66(106)91-54(40-96)73(113)94-34-19-24-56(94)70(110)85-47(28-30-60(99)100)63(103)82-44(6)62(102)84-46(22-15-16-31-76)64(104)88-50(35-42(2)3)65(105)86-48(27-29-58(78)97)72(112)93-33-18-25-57(93)71(111)87-49(74(114)115)23-17-32-81-75(79)80/h11-13,20-21,42-44,46-57,95-96H,7-10,14-19,22-41,76-77H2,1-6H3,(H2,78,97)(H,82,103)(H,83,98)(H,84,102)(H,85,110)(H,86,105)(H,87,111)(H,88,104)(H,89,107)(H,90,109)(H,91,106)(H,92,108)(H,99,100)(H,114,115)(H4,79,80,81)/t44-,46-,47-,48-,49-,50-,51-,52-,53-,54-,55-,56-,57-/m0/s1. The Hall–Kier alpha value is -10.7. The first-order valence-corrected chi connectivity index (χ1v) is 39.5. The number of carbonyl (C=O) groups is 17. The fourth-order valence-electron chi connectivity index (χ4n) is 12.9. The Bertz CT molecular complexity index is 3500. The minimum Gasteiger partial charge on any atom is -0.481 e. The summed E-state index contributed by atoms with van der Waals surface area (Å²) in [7, 11) is 0.